The van der Waals surface area contributed by atoms with E-state index in [2.05, 4.69) is 0 Å². The van der Waals surface area contributed by atoms with Crippen LogP contribution in [-0.2, 0) is 14.6 Å². The van der Waals surface area contributed by atoms with E-state index in [9.17, 15) is 13.2 Å². The molecule has 5 rings (SSSR count). The Labute approximate surface area is 138 Å². The summed E-state index contributed by atoms with van der Waals surface area (Å²) in [4.78, 5) is 12.2. The zero-order chi connectivity index (χ0) is 16.2. The summed E-state index contributed by atoms with van der Waals surface area (Å²) in [6.07, 6.45) is 7.25. The van der Waals surface area contributed by atoms with Gasteiger partial charge in [-0.15, -0.1) is 0 Å². The summed E-state index contributed by atoms with van der Waals surface area (Å²) in [7, 11) is -3.60. The number of hydrogen-bond donors (Lipinski definition) is 0. The topological polar surface area (TPSA) is 51.2 Å². The minimum absolute atomic E-state index is 0.302. The summed E-state index contributed by atoms with van der Waals surface area (Å²) in [5.41, 5.74) is 0.724. The largest absolute Gasteiger partial charge is 0.302 e. The molecule has 0 saturated heterocycles. The average Bonchev–Trinajstić information content (AvgIpc) is 2.46. The van der Waals surface area contributed by atoms with Gasteiger partial charge < -0.3 is 4.79 Å². The van der Waals surface area contributed by atoms with Gasteiger partial charge in [-0.25, -0.2) is 8.42 Å². The molecule has 4 bridgehead atoms. The van der Waals surface area contributed by atoms with Gasteiger partial charge in [0.05, 0.1) is 4.90 Å². The molecule has 4 heteroatoms. The second-order valence-electron chi connectivity index (χ2n) is 8.19. The van der Waals surface area contributed by atoms with E-state index in [4.69, 9.17) is 0 Å². The van der Waals surface area contributed by atoms with Crippen LogP contribution < -0.4 is 0 Å². The first kappa shape index (κ1) is 15.4. The van der Waals surface area contributed by atoms with Crippen LogP contribution in [0.3, 0.4) is 0 Å². The van der Waals surface area contributed by atoms with Crippen molar-refractivity contribution in [2.24, 2.45) is 23.2 Å². The van der Waals surface area contributed by atoms with Crippen LogP contribution >= 0.6 is 0 Å². The number of rotatable bonds is 4. The molecule has 0 aliphatic heterocycles. The zero-order valence-electron chi connectivity index (χ0n) is 13.6. The van der Waals surface area contributed by atoms with Crippen molar-refractivity contribution in [2.75, 3.05) is 0 Å². The number of carbonyl (C=O) groups is 1. The highest BCUT2D eigenvalue weighted by atomic mass is 32.2. The van der Waals surface area contributed by atoms with Crippen LogP contribution in [0.5, 0.6) is 0 Å². The van der Waals surface area contributed by atoms with Crippen molar-refractivity contribution >= 4 is 16.1 Å². The Morgan fingerprint density at radius 3 is 1.91 bits per heavy atom. The molecule has 23 heavy (non-hydrogen) atoms. The van der Waals surface area contributed by atoms with Crippen LogP contribution in [-0.4, -0.2) is 20.0 Å². The maximum Gasteiger partial charge on any atom is 0.188 e. The Balaban J connectivity index is 1.74. The normalized spacial score (nSPS) is 36.8. The van der Waals surface area contributed by atoms with Gasteiger partial charge in [-0.3, -0.25) is 0 Å². The van der Waals surface area contributed by atoms with Crippen LogP contribution in [0.4, 0.5) is 0 Å². The Hall–Kier alpha value is -1.16. The van der Waals surface area contributed by atoms with Crippen LogP contribution in [0.2, 0.25) is 0 Å². The van der Waals surface area contributed by atoms with Crippen molar-refractivity contribution in [1.82, 2.24) is 0 Å². The third-order valence-electron chi connectivity index (χ3n) is 6.50. The van der Waals surface area contributed by atoms with Gasteiger partial charge in [-0.2, -0.15) is 0 Å². The third-order valence-corrected chi connectivity index (χ3v) is 8.71. The molecule has 4 aliphatic rings. The van der Waals surface area contributed by atoms with Gasteiger partial charge >= 0.3 is 0 Å². The lowest BCUT2D eigenvalue weighted by atomic mass is 9.49. The molecule has 4 aliphatic carbocycles. The predicted octanol–water partition coefficient (Wildman–Crippen LogP) is 3.55. The van der Waals surface area contributed by atoms with E-state index in [0.717, 1.165) is 31.1 Å². The van der Waals surface area contributed by atoms with Crippen molar-refractivity contribution in [3.05, 3.63) is 29.8 Å². The fraction of sp³-hybridized carbons (Fsp3) is 0.632. The average molecular weight is 332 g/mol. The molecule has 1 unspecified atom stereocenters. The molecular formula is C19H24O3S. The minimum atomic E-state index is -3.60. The van der Waals surface area contributed by atoms with Crippen LogP contribution in [0.25, 0.3) is 0 Å². The molecule has 1 aromatic carbocycles. The number of benzene rings is 1. The molecule has 0 radical (unpaired) electrons. The van der Waals surface area contributed by atoms with E-state index >= 15 is 0 Å². The van der Waals surface area contributed by atoms with Crippen LogP contribution in [0.1, 0.15) is 44.1 Å². The van der Waals surface area contributed by atoms with E-state index in [1.165, 1.54) is 19.3 Å². The summed E-state index contributed by atoms with van der Waals surface area (Å²) in [5.74, 6) is 1.91. The number of aldehydes is 1. The lowest BCUT2D eigenvalue weighted by molar-refractivity contribution is -0.115. The molecule has 0 spiro atoms. The van der Waals surface area contributed by atoms with E-state index in [1.54, 1.807) is 12.1 Å². The molecule has 1 atom stereocenters. The monoisotopic (exact) mass is 332 g/mol. The number of sulfone groups is 1. The van der Waals surface area contributed by atoms with Crippen molar-refractivity contribution in [1.29, 1.82) is 0 Å². The Bertz CT molecular complexity index is 682. The van der Waals surface area contributed by atoms with Crippen molar-refractivity contribution < 1.29 is 13.2 Å². The van der Waals surface area contributed by atoms with Gasteiger partial charge in [0.1, 0.15) is 11.5 Å². The van der Waals surface area contributed by atoms with E-state index < -0.39 is 15.1 Å². The first-order chi connectivity index (χ1) is 10.9. The van der Waals surface area contributed by atoms with E-state index in [0.29, 0.717) is 22.6 Å². The molecule has 0 aromatic heterocycles. The van der Waals surface area contributed by atoms with E-state index in [1.807, 2.05) is 19.1 Å². The van der Waals surface area contributed by atoms with Gasteiger partial charge in [0, 0.05) is 0 Å². The van der Waals surface area contributed by atoms with E-state index in [-0.39, 0.29) is 5.41 Å². The molecule has 0 heterocycles. The van der Waals surface area contributed by atoms with Crippen molar-refractivity contribution in [2.45, 2.75) is 55.6 Å². The summed E-state index contributed by atoms with van der Waals surface area (Å²) in [6.45, 7) is 1.94. The standard InChI is InChI=1S/C19H24O3S/c1-13-2-4-17(5-3-13)23(21,22)18(12-20)19-9-14-6-15(10-19)8-16(7-14)11-19/h2-5,12,14-16,18H,6-11H2,1H3. The highest BCUT2D eigenvalue weighted by Gasteiger charge is 2.57. The Morgan fingerprint density at radius 2 is 1.48 bits per heavy atom. The molecule has 4 fully saturated rings. The van der Waals surface area contributed by atoms with Gasteiger partial charge in [0.2, 0.25) is 0 Å². The SMILES string of the molecule is Cc1ccc(S(=O)(=O)C(C=O)C23CC4CC(CC(C4)C2)C3)cc1. The highest BCUT2D eigenvalue weighted by molar-refractivity contribution is 7.92. The lowest BCUT2D eigenvalue weighted by Crippen LogP contribution is -2.54. The fourth-order valence-electron chi connectivity index (χ4n) is 5.95. The third kappa shape index (κ3) is 2.37. The van der Waals surface area contributed by atoms with Crippen molar-refractivity contribution in [3.8, 4) is 0 Å². The summed E-state index contributed by atoms with van der Waals surface area (Å²) >= 11 is 0. The van der Waals surface area contributed by atoms with Crippen LogP contribution in [0.15, 0.2) is 29.2 Å². The van der Waals surface area contributed by atoms with Gasteiger partial charge in [-0.05, 0) is 80.8 Å². The fourth-order valence-corrected chi connectivity index (χ4v) is 7.85. The molecule has 4 saturated carbocycles. The Kier molecular flexibility index (Phi) is 3.45. The second-order valence-corrected chi connectivity index (χ2v) is 10.3. The summed E-state index contributed by atoms with van der Waals surface area (Å²) in [5, 5.41) is -0.869. The lowest BCUT2D eigenvalue weighted by Gasteiger charge is -2.58. The molecule has 124 valence electrons. The molecule has 0 N–H and O–H groups in total. The summed E-state index contributed by atoms with van der Waals surface area (Å²) < 4.78 is 26.3. The Morgan fingerprint density at radius 1 is 1.00 bits per heavy atom. The first-order valence-electron chi connectivity index (χ1n) is 8.69. The number of hydrogen-bond acceptors (Lipinski definition) is 3. The molecule has 1 aromatic rings. The molecular weight excluding hydrogens is 308 g/mol. The zero-order valence-corrected chi connectivity index (χ0v) is 14.4. The van der Waals surface area contributed by atoms with Gasteiger partial charge in [0.15, 0.2) is 9.84 Å². The number of carbonyl (C=O) groups excluding carboxylic acids is 1. The van der Waals surface area contributed by atoms with Crippen molar-refractivity contribution in [3.63, 3.8) is 0 Å². The molecule has 0 amide bonds. The maximum absolute atomic E-state index is 13.2. The first-order valence-corrected chi connectivity index (χ1v) is 10.2. The minimum Gasteiger partial charge on any atom is -0.302 e. The van der Waals surface area contributed by atoms with Gasteiger partial charge in [0.25, 0.3) is 0 Å². The number of aryl methyl sites for hydroxylation is 1. The predicted molar refractivity (Wildman–Crippen MR) is 88.8 cm³/mol. The van der Waals surface area contributed by atoms with Gasteiger partial charge in [-0.1, -0.05) is 17.7 Å². The second kappa shape index (κ2) is 5.17. The maximum atomic E-state index is 13.2. The smallest absolute Gasteiger partial charge is 0.188 e. The van der Waals surface area contributed by atoms with Crippen LogP contribution in [0, 0.1) is 30.1 Å². The quantitative estimate of drug-likeness (QED) is 0.792. The highest BCUT2D eigenvalue weighted by Crippen LogP contribution is 2.62. The summed E-state index contributed by atoms with van der Waals surface area (Å²) in [6, 6.07) is 6.94. The molecule has 3 nitrogen and oxygen atoms in total.